The highest BCUT2D eigenvalue weighted by Gasteiger charge is 2.18. The first kappa shape index (κ1) is 8.76. The normalized spacial score (nSPS) is 11.5. The van der Waals surface area contributed by atoms with E-state index in [9.17, 15) is 0 Å². The Morgan fingerprint density at radius 1 is 1.50 bits per heavy atom. The third kappa shape index (κ3) is 1.25. The van der Waals surface area contributed by atoms with Crippen LogP contribution < -0.4 is 0 Å². The minimum Gasteiger partial charge on any atom is -0.237 e. The summed E-state index contributed by atoms with van der Waals surface area (Å²) in [5, 5.41) is 4.11. The van der Waals surface area contributed by atoms with Crippen LogP contribution in [0, 0.1) is 12.3 Å². The second kappa shape index (κ2) is 2.85. The van der Waals surface area contributed by atoms with Crippen molar-refractivity contribution < 1.29 is 0 Å². The van der Waals surface area contributed by atoms with Crippen LogP contribution in [0.4, 0.5) is 0 Å². The Balaban J connectivity index is 2.61. The van der Waals surface area contributed by atoms with Gasteiger partial charge in [0.25, 0.3) is 0 Å². The lowest BCUT2D eigenvalue weighted by molar-refractivity contribution is 0.683. The fourth-order valence-electron chi connectivity index (χ4n) is 1.22. The average molecular weight is 185 g/mol. The van der Waals surface area contributed by atoms with Crippen LogP contribution in [0.3, 0.4) is 0 Å². The highest BCUT2D eigenvalue weighted by molar-refractivity contribution is 5.39. The number of hydrogen-bond acceptors (Lipinski definition) is 2. The molecule has 0 aliphatic carbocycles. The molecule has 2 aromatic rings. The summed E-state index contributed by atoms with van der Waals surface area (Å²) in [5.41, 5.74) is 1.53. The summed E-state index contributed by atoms with van der Waals surface area (Å²) in [5.74, 6) is 2.73. The lowest BCUT2D eigenvalue weighted by Crippen LogP contribution is -2.15. The molecule has 70 valence electrons. The van der Waals surface area contributed by atoms with Gasteiger partial charge in [-0.15, -0.1) is 6.42 Å². The maximum atomic E-state index is 5.45. The van der Waals surface area contributed by atoms with Gasteiger partial charge in [0.2, 0.25) is 0 Å². The molecule has 0 bridgehead atoms. The van der Waals surface area contributed by atoms with Crippen LogP contribution in [0.1, 0.15) is 19.4 Å². The van der Waals surface area contributed by atoms with Crippen LogP contribution in [0.15, 0.2) is 24.7 Å². The van der Waals surface area contributed by atoms with Gasteiger partial charge in [0.1, 0.15) is 0 Å². The number of rotatable bonds is 1. The van der Waals surface area contributed by atoms with Crippen LogP contribution in [-0.4, -0.2) is 14.6 Å². The van der Waals surface area contributed by atoms with E-state index in [4.69, 9.17) is 6.42 Å². The summed E-state index contributed by atoms with van der Waals surface area (Å²) in [6, 6.07) is 1.85. The van der Waals surface area contributed by atoms with Crippen LogP contribution >= 0.6 is 0 Å². The molecule has 0 atom stereocenters. The first-order chi connectivity index (χ1) is 6.63. The van der Waals surface area contributed by atoms with Crippen LogP contribution in [0.5, 0.6) is 0 Å². The zero-order chi connectivity index (χ0) is 10.2. The van der Waals surface area contributed by atoms with Crippen LogP contribution in [0.2, 0.25) is 0 Å². The van der Waals surface area contributed by atoms with Crippen molar-refractivity contribution in [2.75, 3.05) is 0 Å². The molecule has 0 saturated carbocycles. The molecule has 2 heterocycles. The minimum atomic E-state index is -0.298. The molecule has 0 N–H and O–H groups in total. The second-order valence-electron chi connectivity index (χ2n) is 3.75. The fraction of sp³-hybridized carbons (Fsp3) is 0.273. The smallest absolute Gasteiger partial charge is 0.154 e. The Morgan fingerprint density at radius 2 is 2.29 bits per heavy atom. The lowest BCUT2D eigenvalue weighted by Gasteiger charge is -2.16. The Hall–Kier alpha value is -1.82. The Labute approximate surface area is 82.8 Å². The van der Waals surface area contributed by atoms with Gasteiger partial charge in [0.05, 0.1) is 11.6 Å². The third-order valence-corrected chi connectivity index (χ3v) is 2.33. The van der Waals surface area contributed by atoms with E-state index < -0.39 is 0 Å². The Bertz CT molecular complexity index is 502. The summed E-state index contributed by atoms with van der Waals surface area (Å²) in [4.78, 5) is 4.26. The van der Waals surface area contributed by atoms with E-state index in [-0.39, 0.29) is 5.41 Å². The minimum absolute atomic E-state index is 0.298. The highest BCUT2D eigenvalue weighted by Crippen LogP contribution is 2.20. The first-order valence-corrected chi connectivity index (χ1v) is 4.41. The molecule has 0 radical (unpaired) electrons. The van der Waals surface area contributed by atoms with Gasteiger partial charge in [0.15, 0.2) is 5.65 Å². The van der Waals surface area contributed by atoms with Crippen molar-refractivity contribution in [2.45, 2.75) is 19.3 Å². The molecule has 2 aromatic heterocycles. The fourth-order valence-corrected chi connectivity index (χ4v) is 1.22. The molecule has 0 unspecified atom stereocenters. The molecule has 0 spiro atoms. The zero-order valence-electron chi connectivity index (χ0n) is 8.23. The topological polar surface area (TPSA) is 30.2 Å². The van der Waals surface area contributed by atoms with Crippen LogP contribution in [0.25, 0.3) is 5.65 Å². The van der Waals surface area contributed by atoms with Crippen molar-refractivity contribution in [3.63, 3.8) is 0 Å². The molecule has 0 amide bonds. The molecule has 0 aliphatic rings. The van der Waals surface area contributed by atoms with Crippen molar-refractivity contribution in [3.05, 3.63) is 30.2 Å². The third-order valence-electron chi connectivity index (χ3n) is 2.33. The summed E-state index contributed by atoms with van der Waals surface area (Å²) >= 11 is 0. The molecule has 3 nitrogen and oxygen atoms in total. The summed E-state index contributed by atoms with van der Waals surface area (Å²) in [6.45, 7) is 3.97. The number of hydrogen-bond donors (Lipinski definition) is 0. The molecule has 3 heteroatoms. The molecule has 0 fully saturated rings. The van der Waals surface area contributed by atoms with Gasteiger partial charge in [-0.1, -0.05) is 5.92 Å². The molecule has 14 heavy (non-hydrogen) atoms. The quantitative estimate of drug-likeness (QED) is 0.632. The standard InChI is InChI=1S/C11H11N3/c1-4-11(2,3)9-7-12-10-5-6-13-14(10)8-9/h1,5-8H,2-3H3. The highest BCUT2D eigenvalue weighted by atomic mass is 15.2. The van der Waals surface area contributed by atoms with Crippen LogP contribution in [-0.2, 0) is 5.41 Å². The molecule has 0 aliphatic heterocycles. The second-order valence-corrected chi connectivity index (χ2v) is 3.75. The molecule has 0 aromatic carbocycles. The zero-order valence-corrected chi connectivity index (χ0v) is 8.23. The molecular formula is C11H11N3. The van der Waals surface area contributed by atoms with Gasteiger partial charge >= 0.3 is 0 Å². The maximum absolute atomic E-state index is 5.45. The van der Waals surface area contributed by atoms with Gasteiger partial charge in [-0.3, -0.25) is 0 Å². The monoisotopic (exact) mass is 185 g/mol. The van der Waals surface area contributed by atoms with Gasteiger partial charge in [0, 0.05) is 24.0 Å². The number of nitrogens with zero attached hydrogens (tertiary/aromatic N) is 3. The van der Waals surface area contributed by atoms with Gasteiger partial charge in [-0.2, -0.15) is 5.10 Å². The molecule has 0 saturated heterocycles. The van der Waals surface area contributed by atoms with Crippen molar-refractivity contribution in [1.29, 1.82) is 0 Å². The predicted octanol–water partition coefficient (Wildman–Crippen LogP) is 1.64. The van der Waals surface area contributed by atoms with Gasteiger partial charge in [-0.25, -0.2) is 9.50 Å². The Kier molecular flexibility index (Phi) is 1.78. The van der Waals surface area contributed by atoms with E-state index in [1.807, 2.05) is 26.1 Å². The molecular weight excluding hydrogens is 174 g/mol. The summed E-state index contributed by atoms with van der Waals surface area (Å²) in [7, 11) is 0. The number of fused-ring (bicyclic) bond motifs is 1. The molecule has 2 rings (SSSR count). The van der Waals surface area contributed by atoms with E-state index in [2.05, 4.69) is 16.0 Å². The van der Waals surface area contributed by atoms with Gasteiger partial charge in [-0.05, 0) is 13.8 Å². The van der Waals surface area contributed by atoms with Gasteiger partial charge < -0.3 is 0 Å². The first-order valence-electron chi connectivity index (χ1n) is 4.41. The van der Waals surface area contributed by atoms with E-state index in [1.165, 1.54) is 0 Å². The number of aromatic nitrogens is 3. The van der Waals surface area contributed by atoms with E-state index >= 15 is 0 Å². The summed E-state index contributed by atoms with van der Waals surface area (Å²) in [6.07, 6.45) is 10.9. The lowest BCUT2D eigenvalue weighted by atomic mass is 9.88. The van der Waals surface area contributed by atoms with E-state index in [0.29, 0.717) is 0 Å². The van der Waals surface area contributed by atoms with Crippen molar-refractivity contribution in [2.24, 2.45) is 0 Å². The largest absolute Gasteiger partial charge is 0.237 e. The van der Waals surface area contributed by atoms with Crippen molar-refractivity contribution in [1.82, 2.24) is 14.6 Å². The predicted molar refractivity (Wildman–Crippen MR) is 54.8 cm³/mol. The maximum Gasteiger partial charge on any atom is 0.154 e. The average Bonchev–Trinajstić information content (AvgIpc) is 2.64. The Morgan fingerprint density at radius 3 is 3.00 bits per heavy atom. The summed E-state index contributed by atoms with van der Waals surface area (Å²) < 4.78 is 1.73. The SMILES string of the molecule is C#CC(C)(C)c1cnc2ccnn2c1. The van der Waals surface area contributed by atoms with E-state index in [0.717, 1.165) is 11.2 Å². The van der Waals surface area contributed by atoms with E-state index in [1.54, 1.807) is 16.9 Å². The number of terminal acetylenes is 1. The van der Waals surface area contributed by atoms with Crippen molar-refractivity contribution >= 4 is 5.65 Å². The van der Waals surface area contributed by atoms with Crippen molar-refractivity contribution in [3.8, 4) is 12.3 Å².